The van der Waals surface area contributed by atoms with Gasteiger partial charge < -0.3 is 24.8 Å². The van der Waals surface area contributed by atoms with Crippen LogP contribution < -0.4 is 15.4 Å². The van der Waals surface area contributed by atoms with E-state index in [1.54, 1.807) is 42.6 Å². The minimum absolute atomic E-state index is 0.0306. The van der Waals surface area contributed by atoms with Gasteiger partial charge in [0.15, 0.2) is 0 Å². The number of hydrogen-bond donors (Lipinski definition) is 1. The number of piperidine rings is 1. The number of carbonyl (C=O) groups excluding carboxylic acids is 1. The van der Waals surface area contributed by atoms with Gasteiger partial charge in [0, 0.05) is 35.9 Å². The van der Waals surface area contributed by atoms with Gasteiger partial charge in [0.2, 0.25) is 0 Å². The number of anilines is 1. The zero-order valence-corrected chi connectivity index (χ0v) is 20.7. The molecule has 1 aliphatic heterocycles. The highest BCUT2D eigenvalue weighted by Gasteiger charge is 2.40. The lowest BCUT2D eigenvalue weighted by Gasteiger charge is -2.30. The summed E-state index contributed by atoms with van der Waals surface area (Å²) in [5.41, 5.74) is 5.19. The molecule has 3 aromatic rings. The molecule has 8 nitrogen and oxygen atoms in total. The topological polar surface area (TPSA) is 89.0 Å². The van der Waals surface area contributed by atoms with Crippen LogP contribution in [0.25, 0.3) is 5.69 Å². The normalized spacial score (nSPS) is 17.0. The van der Waals surface area contributed by atoms with Crippen molar-refractivity contribution in [2.75, 3.05) is 32.6 Å². The number of aliphatic imine (C=N–C) groups is 1. The molecule has 1 fully saturated rings. The van der Waals surface area contributed by atoms with Gasteiger partial charge in [-0.05, 0) is 69.0 Å². The maximum atomic E-state index is 13.5. The Balaban J connectivity index is 1.68. The molecule has 0 saturated carbocycles. The molecule has 0 atom stereocenters. The zero-order chi connectivity index (χ0) is 26.7. The summed E-state index contributed by atoms with van der Waals surface area (Å²) < 4.78 is 47.5. The van der Waals surface area contributed by atoms with Gasteiger partial charge >= 0.3 is 6.18 Å². The summed E-state index contributed by atoms with van der Waals surface area (Å²) in [6.07, 6.45) is -1.32. The molecule has 0 aliphatic carbocycles. The second-order valence-electron chi connectivity index (χ2n) is 8.72. The van der Waals surface area contributed by atoms with E-state index in [4.69, 9.17) is 10.5 Å². The van der Waals surface area contributed by atoms with Crippen LogP contribution in [0.1, 0.15) is 12.2 Å². The third kappa shape index (κ3) is 5.67. The fourth-order valence-corrected chi connectivity index (χ4v) is 4.04. The Hall–Kier alpha value is -4.12. The number of carbonyl (C=O) groups is 1. The SMILES string of the molecule is COc1ccc(N=C2C(=O)N(c3ccc(-n4ccnc4CN(C)C)cc3)CCC2=C(N)C(F)(F)F)cc1. The van der Waals surface area contributed by atoms with E-state index in [0.29, 0.717) is 23.7 Å². The van der Waals surface area contributed by atoms with Crippen LogP contribution in [0.5, 0.6) is 5.75 Å². The minimum Gasteiger partial charge on any atom is -0.497 e. The maximum Gasteiger partial charge on any atom is 0.431 e. The third-order valence-electron chi connectivity index (χ3n) is 5.88. The van der Waals surface area contributed by atoms with Crippen LogP contribution in [0, 0.1) is 0 Å². The van der Waals surface area contributed by atoms with E-state index >= 15 is 0 Å². The number of amides is 1. The van der Waals surface area contributed by atoms with Crippen molar-refractivity contribution in [3.63, 3.8) is 0 Å². The molecule has 0 unspecified atom stereocenters. The summed E-state index contributed by atoms with van der Waals surface area (Å²) in [7, 11) is 5.39. The van der Waals surface area contributed by atoms with Crippen molar-refractivity contribution in [3.8, 4) is 11.4 Å². The molecule has 1 saturated heterocycles. The van der Waals surface area contributed by atoms with Crippen LogP contribution in [0.15, 0.2) is 77.2 Å². The number of nitrogens with two attached hydrogens (primary N) is 1. The number of aromatic nitrogens is 2. The summed E-state index contributed by atoms with van der Waals surface area (Å²) in [6, 6.07) is 13.5. The number of rotatable bonds is 6. The van der Waals surface area contributed by atoms with Crippen LogP contribution in [0.3, 0.4) is 0 Å². The molecule has 0 bridgehead atoms. The Morgan fingerprint density at radius 1 is 1.11 bits per heavy atom. The molecule has 2 N–H and O–H groups in total. The standard InChI is InChI=1S/C26H27F3N6O2/c1-33(2)16-22-31-13-15-34(22)18-6-8-19(9-7-18)35-14-12-21(24(30)26(27,28)29)23(25(35)36)32-17-4-10-20(37-3)11-5-17/h4-11,13,15H,12,14,16,30H2,1-3H3. The van der Waals surface area contributed by atoms with Gasteiger partial charge in [-0.3, -0.25) is 4.79 Å². The van der Waals surface area contributed by atoms with Crippen LogP contribution in [0.4, 0.5) is 24.5 Å². The predicted octanol–water partition coefficient (Wildman–Crippen LogP) is 4.23. The molecule has 2 heterocycles. The fraction of sp³-hybridized carbons (Fsp3) is 0.269. The van der Waals surface area contributed by atoms with E-state index in [0.717, 1.165) is 11.5 Å². The second-order valence-corrected chi connectivity index (χ2v) is 8.72. The summed E-state index contributed by atoms with van der Waals surface area (Å²) in [5.74, 6) is 0.740. The first-order chi connectivity index (χ1) is 17.6. The number of halogens is 3. The van der Waals surface area contributed by atoms with E-state index in [1.165, 1.54) is 12.0 Å². The Morgan fingerprint density at radius 2 is 1.76 bits per heavy atom. The molecular weight excluding hydrogens is 485 g/mol. The quantitative estimate of drug-likeness (QED) is 0.534. The molecule has 4 rings (SSSR count). The smallest absolute Gasteiger partial charge is 0.431 e. The van der Waals surface area contributed by atoms with Gasteiger partial charge in [-0.25, -0.2) is 9.98 Å². The number of imidazole rings is 1. The van der Waals surface area contributed by atoms with Gasteiger partial charge in [0.25, 0.3) is 5.91 Å². The summed E-state index contributed by atoms with van der Waals surface area (Å²) in [4.78, 5) is 25.6. The lowest BCUT2D eigenvalue weighted by Crippen LogP contribution is -2.44. The predicted molar refractivity (Wildman–Crippen MR) is 135 cm³/mol. The van der Waals surface area contributed by atoms with Crippen LogP contribution in [0.2, 0.25) is 0 Å². The summed E-state index contributed by atoms with van der Waals surface area (Å²) >= 11 is 0. The van der Waals surface area contributed by atoms with Gasteiger partial charge in [-0.1, -0.05) is 0 Å². The molecule has 37 heavy (non-hydrogen) atoms. The first kappa shape index (κ1) is 26.0. The largest absolute Gasteiger partial charge is 0.497 e. The number of allylic oxidation sites excluding steroid dienone is 1. The average molecular weight is 513 g/mol. The molecule has 194 valence electrons. The van der Waals surface area contributed by atoms with Gasteiger partial charge in [-0.15, -0.1) is 0 Å². The van der Waals surface area contributed by atoms with E-state index in [2.05, 4.69) is 9.98 Å². The Morgan fingerprint density at radius 3 is 2.35 bits per heavy atom. The first-order valence-electron chi connectivity index (χ1n) is 11.5. The van der Waals surface area contributed by atoms with Gasteiger partial charge in [0.05, 0.1) is 19.3 Å². The second kappa shape index (κ2) is 10.5. The highest BCUT2D eigenvalue weighted by molar-refractivity contribution is 6.50. The Bertz CT molecular complexity index is 1330. The van der Waals surface area contributed by atoms with Gasteiger partial charge in [-0.2, -0.15) is 13.2 Å². The van der Waals surface area contributed by atoms with Crippen molar-refractivity contribution in [3.05, 3.63) is 78.0 Å². The highest BCUT2D eigenvalue weighted by atomic mass is 19.4. The van der Waals surface area contributed by atoms with Crippen molar-refractivity contribution in [2.45, 2.75) is 19.1 Å². The van der Waals surface area contributed by atoms with E-state index in [9.17, 15) is 18.0 Å². The third-order valence-corrected chi connectivity index (χ3v) is 5.88. The van der Waals surface area contributed by atoms with Crippen molar-refractivity contribution in [2.24, 2.45) is 10.7 Å². The van der Waals surface area contributed by atoms with Crippen molar-refractivity contribution in [1.82, 2.24) is 14.5 Å². The van der Waals surface area contributed by atoms with Crippen molar-refractivity contribution >= 4 is 23.0 Å². The highest BCUT2D eigenvalue weighted by Crippen LogP contribution is 2.32. The number of hydrogen-bond acceptors (Lipinski definition) is 6. The number of alkyl halides is 3. The van der Waals surface area contributed by atoms with E-state index in [-0.39, 0.29) is 24.3 Å². The Labute approximate surface area is 212 Å². The van der Waals surface area contributed by atoms with Gasteiger partial charge in [0.1, 0.15) is 23.0 Å². The molecule has 0 radical (unpaired) electrons. The molecule has 11 heteroatoms. The zero-order valence-electron chi connectivity index (χ0n) is 20.7. The van der Waals surface area contributed by atoms with Crippen molar-refractivity contribution in [1.29, 1.82) is 0 Å². The molecule has 1 aliphatic rings. The lowest BCUT2D eigenvalue weighted by atomic mass is 9.97. The molecule has 2 aromatic carbocycles. The van der Waals surface area contributed by atoms with E-state index in [1.807, 2.05) is 41.9 Å². The van der Waals surface area contributed by atoms with E-state index < -0.39 is 17.8 Å². The first-order valence-corrected chi connectivity index (χ1v) is 11.5. The van der Waals surface area contributed by atoms with Crippen LogP contribution in [-0.4, -0.2) is 60.0 Å². The fourth-order valence-electron chi connectivity index (χ4n) is 4.04. The maximum absolute atomic E-state index is 13.5. The minimum atomic E-state index is -4.78. The summed E-state index contributed by atoms with van der Waals surface area (Å²) in [5, 5.41) is 0. The molecule has 1 aromatic heterocycles. The number of nitrogens with zero attached hydrogens (tertiary/aromatic N) is 5. The lowest BCUT2D eigenvalue weighted by molar-refractivity contribution is -0.112. The van der Waals surface area contributed by atoms with Crippen LogP contribution in [-0.2, 0) is 11.3 Å². The monoisotopic (exact) mass is 512 g/mol. The number of methoxy groups -OCH3 is 1. The average Bonchev–Trinajstić information content (AvgIpc) is 3.32. The number of benzene rings is 2. The number of ether oxygens (including phenoxy) is 1. The molecule has 0 spiro atoms. The molecular formula is C26H27F3N6O2. The van der Waals surface area contributed by atoms with Crippen molar-refractivity contribution < 1.29 is 22.7 Å². The Kier molecular flexibility index (Phi) is 7.35. The summed E-state index contributed by atoms with van der Waals surface area (Å²) in [6.45, 7) is 0.670. The molecule has 1 amide bonds. The van der Waals surface area contributed by atoms with Crippen LogP contribution >= 0.6 is 0 Å².